The van der Waals surface area contributed by atoms with Gasteiger partial charge in [-0.15, -0.1) is 11.3 Å². The van der Waals surface area contributed by atoms with Crippen molar-refractivity contribution in [1.82, 2.24) is 0 Å². The number of nitrogen functional groups attached to an aromatic ring is 1. The summed E-state index contributed by atoms with van der Waals surface area (Å²) in [5.41, 5.74) is 8.59. The molecule has 0 aliphatic rings. The van der Waals surface area contributed by atoms with Crippen LogP contribution in [-0.4, -0.2) is 0 Å². The fourth-order valence-electron chi connectivity index (χ4n) is 1.78. The van der Waals surface area contributed by atoms with Crippen LogP contribution in [0.2, 0.25) is 5.02 Å². The van der Waals surface area contributed by atoms with Crippen molar-refractivity contribution in [1.29, 1.82) is 5.26 Å². The summed E-state index contributed by atoms with van der Waals surface area (Å²) in [5, 5.41) is 9.70. The highest BCUT2D eigenvalue weighted by Crippen LogP contribution is 2.40. The largest absolute Gasteiger partial charge is 0.397 e. The lowest BCUT2D eigenvalue weighted by molar-refractivity contribution is 1.16. The Morgan fingerprint density at radius 2 is 2.22 bits per heavy atom. The predicted molar refractivity (Wildman–Crippen MR) is 81.0 cm³/mol. The van der Waals surface area contributed by atoms with Gasteiger partial charge in [-0.1, -0.05) is 24.6 Å². The summed E-state index contributed by atoms with van der Waals surface area (Å²) in [6.45, 7) is 2.03. The molecule has 0 amide bonds. The van der Waals surface area contributed by atoms with E-state index in [4.69, 9.17) is 22.6 Å². The monoisotopic (exact) mass is 340 g/mol. The molecule has 0 spiro atoms. The van der Waals surface area contributed by atoms with Gasteiger partial charge in [0.05, 0.1) is 10.7 Å². The number of nitrogens with zero attached hydrogens (tertiary/aromatic N) is 1. The molecule has 0 aliphatic carbocycles. The topological polar surface area (TPSA) is 49.8 Å². The van der Waals surface area contributed by atoms with E-state index in [-0.39, 0.29) is 0 Å². The number of halogens is 2. The highest BCUT2D eigenvalue weighted by Gasteiger charge is 2.16. The van der Waals surface area contributed by atoms with Gasteiger partial charge in [-0.05, 0) is 45.6 Å². The van der Waals surface area contributed by atoms with Crippen LogP contribution in [0.4, 0.5) is 5.69 Å². The molecule has 0 unspecified atom stereocenters. The van der Waals surface area contributed by atoms with E-state index in [1.54, 1.807) is 0 Å². The van der Waals surface area contributed by atoms with E-state index >= 15 is 0 Å². The average Bonchev–Trinajstić information content (AvgIpc) is 2.69. The molecule has 1 aromatic carbocycles. The van der Waals surface area contributed by atoms with Crippen molar-refractivity contribution in [3.05, 3.63) is 38.1 Å². The second kappa shape index (κ2) is 5.31. The Balaban J connectivity index is 2.63. The fraction of sp³-hybridized carbons (Fsp3) is 0.154. The molecule has 2 rings (SSSR count). The van der Waals surface area contributed by atoms with Gasteiger partial charge in [0.1, 0.15) is 10.9 Å². The molecule has 18 heavy (non-hydrogen) atoms. The van der Waals surface area contributed by atoms with Crippen molar-refractivity contribution >= 4 is 44.6 Å². The van der Waals surface area contributed by atoms with Gasteiger partial charge in [-0.2, -0.15) is 5.26 Å². The maximum atomic E-state index is 9.04. The zero-order chi connectivity index (χ0) is 13.3. The first-order chi connectivity index (χ1) is 8.58. The first kappa shape index (κ1) is 13.4. The summed E-state index contributed by atoms with van der Waals surface area (Å²) in [5.74, 6) is 0. The molecule has 0 fully saturated rings. The molecule has 2 nitrogen and oxygen atoms in total. The number of thiophene rings is 1. The van der Waals surface area contributed by atoms with E-state index in [9.17, 15) is 0 Å². The minimum Gasteiger partial charge on any atom is -0.397 e. The molecule has 0 saturated carbocycles. The van der Waals surface area contributed by atoms with Crippen molar-refractivity contribution in [2.24, 2.45) is 0 Å². The van der Waals surface area contributed by atoms with Gasteiger partial charge in [0, 0.05) is 9.35 Å². The second-order valence-corrected chi connectivity index (χ2v) is 6.03. The maximum Gasteiger partial charge on any atom is 0.128 e. The quantitative estimate of drug-likeness (QED) is 0.849. The van der Waals surface area contributed by atoms with Gasteiger partial charge >= 0.3 is 0 Å². The van der Waals surface area contributed by atoms with E-state index in [1.165, 1.54) is 11.3 Å². The zero-order valence-electron chi connectivity index (χ0n) is 9.63. The number of nitriles is 1. The first-order valence-corrected chi connectivity index (χ1v) is 7.33. The molecular formula is C13H10BrClN2S. The standard InChI is InChI=1S/C13H10BrClN2S/c1-2-8-12(17)11(6-16)18-13(8)7-3-4-9(14)10(15)5-7/h3-5H,2,17H2,1H3. The first-order valence-electron chi connectivity index (χ1n) is 5.35. The van der Waals surface area contributed by atoms with Crippen molar-refractivity contribution in [3.63, 3.8) is 0 Å². The molecule has 1 heterocycles. The van der Waals surface area contributed by atoms with Gasteiger partial charge in [0.25, 0.3) is 0 Å². The molecule has 0 bridgehead atoms. The number of hydrogen-bond acceptors (Lipinski definition) is 3. The van der Waals surface area contributed by atoms with Crippen LogP contribution in [0.3, 0.4) is 0 Å². The van der Waals surface area contributed by atoms with Gasteiger partial charge in [-0.3, -0.25) is 0 Å². The SMILES string of the molecule is CCc1c(-c2ccc(Br)c(Cl)c2)sc(C#N)c1N. The lowest BCUT2D eigenvalue weighted by Gasteiger charge is -2.04. The Morgan fingerprint density at radius 3 is 2.78 bits per heavy atom. The molecule has 1 aromatic heterocycles. The van der Waals surface area contributed by atoms with Crippen LogP contribution in [0.1, 0.15) is 17.4 Å². The smallest absolute Gasteiger partial charge is 0.128 e. The Morgan fingerprint density at radius 1 is 1.50 bits per heavy atom. The van der Waals surface area contributed by atoms with Crippen LogP contribution in [0.25, 0.3) is 10.4 Å². The third kappa shape index (κ3) is 2.26. The average molecular weight is 342 g/mol. The minimum atomic E-state index is 0.570. The number of hydrogen-bond donors (Lipinski definition) is 1. The third-order valence-corrected chi connectivity index (χ3v) is 5.12. The number of nitrogens with two attached hydrogens (primary N) is 1. The normalized spacial score (nSPS) is 10.3. The number of benzene rings is 1. The summed E-state index contributed by atoms with van der Waals surface area (Å²) in [6, 6.07) is 7.90. The van der Waals surface area contributed by atoms with Gasteiger partial charge < -0.3 is 5.73 Å². The summed E-state index contributed by atoms with van der Waals surface area (Å²) in [4.78, 5) is 1.60. The third-order valence-electron chi connectivity index (χ3n) is 2.68. The van der Waals surface area contributed by atoms with Crippen LogP contribution in [-0.2, 0) is 6.42 Å². The summed E-state index contributed by atoms with van der Waals surface area (Å²) >= 11 is 10.9. The summed E-state index contributed by atoms with van der Waals surface area (Å²) < 4.78 is 0.857. The lowest BCUT2D eigenvalue weighted by atomic mass is 10.1. The molecule has 0 atom stereocenters. The molecular weight excluding hydrogens is 332 g/mol. The van der Waals surface area contributed by atoms with Crippen LogP contribution < -0.4 is 5.73 Å². The number of rotatable bonds is 2. The lowest BCUT2D eigenvalue weighted by Crippen LogP contribution is -1.91. The predicted octanol–water partition coefficient (Wildman–Crippen LogP) is 4.85. The van der Waals surface area contributed by atoms with E-state index in [2.05, 4.69) is 22.0 Å². The van der Waals surface area contributed by atoms with Gasteiger partial charge in [0.2, 0.25) is 0 Å². The zero-order valence-corrected chi connectivity index (χ0v) is 12.8. The van der Waals surface area contributed by atoms with E-state index in [0.29, 0.717) is 15.6 Å². The highest BCUT2D eigenvalue weighted by molar-refractivity contribution is 9.10. The van der Waals surface area contributed by atoms with E-state index in [0.717, 1.165) is 26.9 Å². The van der Waals surface area contributed by atoms with Crippen molar-refractivity contribution in [2.75, 3.05) is 5.73 Å². The molecule has 2 aromatic rings. The van der Waals surface area contributed by atoms with Crippen LogP contribution in [0.5, 0.6) is 0 Å². The van der Waals surface area contributed by atoms with E-state index in [1.807, 2.05) is 25.1 Å². The summed E-state index contributed by atoms with van der Waals surface area (Å²) in [6.07, 6.45) is 0.799. The molecule has 0 radical (unpaired) electrons. The van der Waals surface area contributed by atoms with Crippen LogP contribution in [0.15, 0.2) is 22.7 Å². The Kier molecular flexibility index (Phi) is 3.96. The van der Waals surface area contributed by atoms with Crippen molar-refractivity contribution in [3.8, 4) is 16.5 Å². The molecule has 0 saturated heterocycles. The Hall–Kier alpha value is -1.02. The fourth-order valence-corrected chi connectivity index (χ4v) is 3.31. The second-order valence-electron chi connectivity index (χ2n) is 3.75. The molecule has 92 valence electrons. The van der Waals surface area contributed by atoms with Crippen molar-refractivity contribution < 1.29 is 0 Å². The molecule has 0 aliphatic heterocycles. The molecule has 5 heteroatoms. The van der Waals surface area contributed by atoms with Crippen LogP contribution >= 0.6 is 38.9 Å². The molecule has 2 N–H and O–H groups in total. The van der Waals surface area contributed by atoms with E-state index < -0.39 is 0 Å². The Labute approximate surface area is 123 Å². The summed E-state index contributed by atoms with van der Waals surface area (Å²) in [7, 11) is 0. The van der Waals surface area contributed by atoms with Crippen molar-refractivity contribution in [2.45, 2.75) is 13.3 Å². The van der Waals surface area contributed by atoms with Gasteiger partial charge in [0.15, 0.2) is 0 Å². The number of anilines is 1. The highest BCUT2D eigenvalue weighted by atomic mass is 79.9. The minimum absolute atomic E-state index is 0.570. The van der Waals surface area contributed by atoms with Crippen LogP contribution in [0, 0.1) is 11.3 Å². The maximum absolute atomic E-state index is 9.04. The van der Waals surface area contributed by atoms with Gasteiger partial charge in [-0.25, -0.2) is 0 Å². The Bertz CT molecular complexity index is 643.